The third kappa shape index (κ3) is 2.96. The molecule has 0 aliphatic carbocycles. The molecule has 1 N–H and O–H groups in total. The van der Waals surface area contributed by atoms with E-state index in [1.165, 1.54) is 12.2 Å². The van der Waals surface area contributed by atoms with E-state index in [4.69, 9.17) is 23.2 Å². The van der Waals surface area contributed by atoms with Crippen LogP contribution in [0.25, 0.3) is 0 Å². The van der Waals surface area contributed by atoms with Crippen LogP contribution in [-0.4, -0.2) is 17.0 Å². The summed E-state index contributed by atoms with van der Waals surface area (Å²) in [6.07, 6.45) is 1.21. The van der Waals surface area contributed by atoms with Gasteiger partial charge in [-0.2, -0.15) is 11.8 Å². The molecule has 2 atom stereocenters. The van der Waals surface area contributed by atoms with E-state index >= 15 is 0 Å². The van der Waals surface area contributed by atoms with Gasteiger partial charge < -0.3 is 5.32 Å². The van der Waals surface area contributed by atoms with E-state index in [0.29, 0.717) is 16.1 Å². The SMILES string of the molecule is CC1CC(Nc2ccc(Cl)c(Cl)c2)CS1. The van der Waals surface area contributed by atoms with Crippen LogP contribution in [0.1, 0.15) is 13.3 Å². The molecule has 0 amide bonds. The zero-order chi connectivity index (χ0) is 10.8. The number of hydrogen-bond donors (Lipinski definition) is 1. The van der Waals surface area contributed by atoms with Gasteiger partial charge in [-0.3, -0.25) is 0 Å². The van der Waals surface area contributed by atoms with E-state index in [0.717, 1.165) is 10.9 Å². The summed E-state index contributed by atoms with van der Waals surface area (Å²) in [6.45, 7) is 2.27. The minimum Gasteiger partial charge on any atom is -0.381 e. The second-order valence-corrected chi connectivity index (χ2v) is 6.14. The highest BCUT2D eigenvalue weighted by Crippen LogP contribution is 2.30. The standard InChI is InChI=1S/C11H13Cl2NS/c1-7-4-9(6-15-7)14-8-2-3-10(12)11(13)5-8/h2-3,5,7,9,14H,4,6H2,1H3. The normalized spacial score (nSPS) is 25.5. The van der Waals surface area contributed by atoms with Crippen molar-refractivity contribution in [3.63, 3.8) is 0 Å². The van der Waals surface area contributed by atoms with Crippen molar-refractivity contribution in [2.24, 2.45) is 0 Å². The Kier molecular flexibility index (Phi) is 3.70. The summed E-state index contributed by atoms with van der Waals surface area (Å²) in [5, 5.41) is 5.45. The summed E-state index contributed by atoms with van der Waals surface area (Å²) in [5.41, 5.74) is 1.06. The van der Waals surface area contributed by atoms with E-state index in [1.54, 1.807) is 0 Å². The number of nitrogens with one attached hydrogen (secondary N) is 1. The van der Waals surface area contributed by atoms with Crippen LogP contribution in [0.5, 0.6) is 0 Å². The van der Waals surface area contributed by atoms with Crippen LogP contribution in [0.15, 0.2) is 18.2 Å². The molecule has 1 nitrogen and oxygen atoms in total. The van der Waals surface area contributed by atoms with Gasteiger partial charge in [-0.15, -0.1) is 0 Å². The zero-order valence-corrected chi connectivity index (χ0v) is 10.8. The van der Waals surface area contributed by atoms with E-state index in [-0.39, 0.29) is 0 Å². The first-order valence-corrected chi connectivity index (χ1v) is 6.79. The van der Waals surface area contributed by atoms with Crippen molar-refractivity contribution in [3.8, 4) is 0 Å². The molecule has 0 bridgehead atoms. The Bertz CT molecular complexity index is 356. The summed E-state index contributed by atoms with van der Waals surface area (Å²) in [5.74, 6) is 1.17. The summed E-state index contributed by atoms with van der Waals surface area (Å²) >= 11 is 13.8. The molecular formula is C11H13Cl2NS. The molecule has 1 heterocycles. The number of benzene rings is 1. The van der Waals surface area contributed by atoms with Crippen LogP contribution in [0.3, 0.4) is 0 Å². The molecule has 1 aliphatic rings. The van der Waals surface area contributed by atoms with Gasteiger partial charge in [0.2, 0.25) is 0 Å². The van der Waals surface area contributed by atoms with Gasteiger partial charge in [0.25, 0.3) is 0 Å². The molecule has 2 rings (SSSR count). The maximum absolute atomic E-state index is 5.95. The van der Waals surface area contributed by atoms with Crippen LogP contribution < -0.4 is 5.32 Å². The van der Waals surface area contributed by atoms with Gasteiger partial charge >= 0.3 is 0 Å². The van der Waals surface area contributed by atoms with Crippen LogP contribution in [0.2, 0.25) is 10.0 Å². The third-order valence-corrected chi connectivity index (χ3v) is 4.58. The maximum atomic E-state index is 5.95. The van der Waals surface area contributed by atoms with Gasteiger partial charge in [-0.25, -0.2) is 0 Å². The van der Waals surface area contributed by atoms with Gasteiger partial charge in [0.1, 0.15) is 0 Å². The molecule has 2 unspecified atom stereocenters. The van der Waals surface area contributed by atoms with E-state index in [1.807, 2.05) is 30.0 Å². The van der Waals surface area contributed by atoms with Gasteiger partial charge in [0.05, 0.1) is 10.0 Å². The molecule has 1 aromatic carbocycles. The molecule has 1 fully saturated rings. The van der Waals surface area contributed by atoms with Crippen molar-refractivity contribution in [1.82, 2.24) is 0 Å². The summed E-state index contributed by atoms with van der Waals surface area (Å²) < 4.78 is 0. The molecule has 1 saturated heterocycles. The average Bonchev–Trinajstić information content (AvgIpc) is 2.58. The topological polar surface area (TPSA) is 12.0 Å². The molecule has 4 heteroatoms. The lowest BCUT2D eigenvalue weighted by atomic mass is 10.2. The van der Waals surface area contributed by atoms with Gasteiger partial charge in [-0.05, 0) is 24.6 Å². The quantitative estimate of drug-likeness (QED) is 0.852. The van der Waals surface area contributed by atoms with Gasteiger partial charge in [-0.1, -0.05) is 30.1 Å². The highest BCUT2D eigenvalue weighted by atomic mass is 35.5. The first-order chi connectivity index (χ1) is 7.15. The number of thioether (sulfide) groups is 1. The Morgan fingerprint density at radius 3 is 2.73 bits per heavy atom. The largest absolute Gasteiger partial charge is 0.381 e. The monoisotopic (exact) mass is 261 g/mol. The van der Waals surface area contributed by atoms with Crippen LogP contribution in [-0.2, 0) is 0 Å². The predicted octanol–water partition coefficient (Wildman–Crippen LogP) is 4.30. The number of anilines is 1. The van der Waals surface area contributed by atoms with Crippen LogP contribution >= 0.6 is 35.0 Å². The number of halogens is 2. The fraction of sp³-hybridized carbons (Fsp3) is 0.455. The molecule has 0 spiro atoms. The Morgan fingerprint density at radius 1 is 1.33 bits per heavy atom. The second-order valence-electron chi connectivity index (χ2n) is 3.85. The lowest BCUT2D eigenvalue weighted by Gasteiger charge is -2.13. The molecule has 0 radical (unpaired) electrons. The summed E-state index contributed by atoms with van der Waals surface area (Å²) in [7, 11) is 0. The molecule has 0 saturated carbocycles. The van der Waals surface area contributed by atoms with Crippen molar-refractivity contribution in [3.05, 3.63) is 28.2 Å². The van der Waals surface area contributed by atoms with Crippen molar-refractivity contribution >= 4 is 40.7 Å². The molecule has 1 aromatic rings. The lowest BCUT2D eigenvalue weighted by molar-refractivity contribution is 0.747. The van der Waals surface area contributed by atoms with E-state index < -0.39 is 0 Å². The Morgan fingerprint density at radius 2 is 2.13 bits per heavy atom. The molecule has 15 heavy (non-hydrogen) atoms. The lowest BCUT2D eigenvalue weighted by Crippen LogP contribution is -2.18. The Balaban J connectivity index is 2.02. The van der Waals surface area contributed by atoms with Crippen molar-refractivity contribution in [1.29, 1.82) is 0 Å². The van der Waals surface area contributed by atoms with E-state index in [2.05, 4.69) is 12.2 Å². The Hall–Kier alpha value is -0.0500. The molecule has 1 aliphatic heterocycles. The van der Waals surface area contributed by atoms with Crippen molar-refractivity contribution in [2.45, 2.75) is 24.6 Å². The first kappa shape index (κ1) is 11.4. The van der Waals surface area contributed by atoms with Crippen LogP contribution in [0.4, 0.5) is 5.69 Å². The average molecular weight is 262 g/mol. The number of hydrogen-bond acceptors (Lipinski definition) is 2. The number of rotatable bonds is 2. The van der Waals surface area contributed by atoms with E-state index in [9.17, 15) is 0 Å². The maximum Gasteiger partial charge on any atom is 0.0612 e. The fourth-order valence-electron chi connectivity index (χ4n) is 1.74. The molecule has 82 valence electrons. The smallest absolute Gasteiger partial charge is 0.0612 e. The highest BCUT2D eigenvalue weighted by molar-refractivity contribution is 8.00. The second kappa shape index (κ2) is 4.86. The molecule has 0 aromatic heterocycles. The van der Waals surface area contributed by atoms with Gasteiger partial charge in [0, 0.05) is 22.7 Å². The minimum absolute atomic E-state index is 0.558. The van der Waals surface area contributed by atoms with Gasteiger partial charge in [0.15, 0.2) is 0 Å². The summed E-state index contributed by atoms with van der Waals surface area (Å²) in [6, 6.07) is 6.25. The predicted molar refractivity (Wildman–Crippen MR) is 70.4 cm³/mol. The molecular weight excluding hydrogens is 249 g/mol. The Labute approximate surface area is 105 Å². The van der Waals surface area contributed by atoms with Crippen molar-refractivity contribution in [2.75, 3.05) is 11.1 Å². The first-order valence-electron chi connectivity index (χ1n) is 4.98. The zero-order valence-electron chi connectivity index (χ0n) is 8.47. The summed E-state index contributed by atoms with van der Waals surface area (Å²) in [4.78, 5) is 0. The fourth-order valence-corrected chi connectivity index (χ4v) is 3.19. The highest BCUT2D eigenvalue weighted by Gasteiger charge is 2.21. The minimum atomic E-state index is 0.558. The third-order valence-electron chi connectivity index (χ3n) is 2.49. The van der Waals surface area contributed by atoms with Crippen LogP contribution in [0, 0.1) is 0 Å². The van der Waals surface area contributed by atoms with Crippen molar-refractivity contribution < 1.29 is 0 Å².